The summed E-state index contributed by atoms with van der Waals surface area (Å²) in [7, 11) is 0. The fourth-order valence-corrected chi connectivity index (χ4v) is 11.9. The highest BCUT2D eigenvalue weighted by atomic mass is 79.9. The van der Waals surface area contributed by atoms with E-state index in [0.29, 0.717) is 86.2 Å². The number of rotatable bonds is 23. The van der Waals surface area contributed by atoms with E-state index in [9.17, 15) is 32.8 Å². The van der Waals surface area contributed by atoms with Crippen LogP contribution in [0.25, 0.3) is 0 Å². The summed E-state index contributed by atoms with van der Waals surface area (Å²) < 4.78 is 69.6. The standard InChI is InChI=1S/C59H73BrF2N10O12S2/c1-9-80-55(74)45-43(25-72-19-21-79-28-38(72)30-83-57(76)47(32(3)4)70-58(77)84-59(6,7)8)67-51(68-48(45)39-14-11-34(61)23-33(39)5)53-65-36(31-86-53)13-16-42(63)54(73)82-29-37-27-78-20-18-71(37)26-44-46(56(75)81-10-2)49(40-15-12-35(62)24-41(40)60)69-50(66-44)52-64-17-22-85-52/h11-12,14-15,17,22-24,31-32,37-38,42,47-49H,9-10,13,16,18-21,25-30,63H2,1-8H3,(H,66,69)(H,67,68)(H,70,77)/t37-,38-,42-,47-,48?,49?/m0/s1. The van der Waals surface area contributed by atoms with Crippen LogP contribution in [0, 0.1) is 24.5 Å². The van der Waals surface area contributed by atoms with Crippen LogP contribution in [-0.4, -0.2) is 170 Å². The van der Waals surface area contributed by atoms with Gasteiger partial charge in [-0.15, -0.1) is 22.7 Å². The number of carbonyl (C=O) groups is 5. The number of carbonyl (C=O) groups excluding carboxylic acids is 5. The van der Waals surface area contributed by atoms with Gasteiger partial charge in [-0.05, 0) is 101 Å². The third-order valence-corrected chi connectivity index (χ3v) is 16.6. The molecule has 22 nitrogen and oxygen atoms in total. The zero-order valence-electron chi connectivity index (χ0n) is 49.2. The second kappa shape index (κ2) is 29.9. The molecule has 2 unspecified atom stereocenters. The quantitative estimate of drug-likeness (QED) is 0.0441. The molecule has 2 saturated heterocycles. The van der Waals surface area contributed by atoms with E-state index in [1.165, 1.54) is 46.9 Å². The lowest BCUT2D eigenvalue weighted by molar-refractivity contribution is -0.151. The number of hydrogen-bond donors (Lipinski definition) is 4. The molecular formula is C59H73BrF2N10O12S2. The molecule has 6 atom stereocenters. The Morgan fingerprint density at radius 3 is 1.90 bits per heavy atom. The average molecular weight is 1300 g/mol. The fraction of sp³-hybridized carbons (Fsp3) is 0.508. The van der Waals surface area contributed by atoms with E-state index < -0.39 is 83.5 Å². The van der Waals surface area contributed by atoms with Crippen LogP contribution < -0.4 is 21.7 Å². The highest BCUT2D eigenvalue weighted by molar-refractivity contribution is 9.10. The van der Waals surface area contributed by atoms with Gasteiger partial charge in [-0.2, -0.15) is 0 Å². The molecule has 6 heterocycles. The van der Waals surface area contributed by atoms with E-state index >= 15 is 0 Å². The summed E-state index contributed by atoms with van der Waals surface area (Å²) in [6.07, 6.45) is 1.34. The number of benzene rings is 2. The number of ether oxygens (including phenoxy) is 7. The molecule has 86 heavy (non-hydrogen) atoms. The lowest BCUT2D eigenvalue weighted by atomic mass is 9.92. The summed E-state index contributed by atoms with van der Waals surface area (Å²) in [6.45, 7) is 16.0. The first-order valence-corrected chi connectivity index (χ1v) is 30.9. The van der Waals surface area contributed by atoms with Crippen LogP contribution in [0.5, 0.6) is 0 Å². The Balaban J connectivity index is 0.960. The summed E-state index contributed by atoms with van der Waals surface area (Å²) in [6, 6.07) is 3.63. The number of aryl methyl sites for hydroxylation is 2. The molecule has 0 saturated carbocycles. The molecule has 464 valence electrons. The highest BCUT2D eigenvalue weighted by Gasteiger charge is 2.39. The zero-order valence-corrected chi connectivity index (χ0v) is 52.5. The number of esters is 4. The van der Waals surface area contributed by atoms with Crippen molar-refractivity contribution in [2.75, 3.05) is 79.0 Å². The number of thiazole rings is 2. The molecule has 4 aliphatic heterocycles. The number of hydrogen-bond acceptors (Lipinski definition) is 23. The Kier molecular flexibility index (Phi) is 22.7. The molecule has 4 aliphatic rings. The van der Waals surface area contributed by atoms with Gasteiger partial charge in [0.1, 0.15) is 54.6 Å². The van der Waals surface area contributed by atoms with Crippen molar-refractivity contribution in [3.63, 3.8) is 0 Å². The number of morpholine rings is 2. The molecular weight excluding hydrogens is 1220 g/mol. The van der Waals surface area contributed by atoms with E-state index in [0.717, 1.165) is 0 Å². The van der Waals surface area contributed by atoms with Gasteiger partial charge in [0.2, 0.25) is 0 Å². The molecule has 0 aliphatic carbocycles. The number of alkyl carbamates (subject to hydrolysis) is 1. The maximum Gasteiger partial charge on any atom is 0.408 e. The van der Waals surface area contributed by atoms with Crippen molar-refractivity contribution in [1.29, 1.82) is 0 Å². The lowest BCUT2D eigenvalue weighted by Gasteiger charge is -2.37. The number of amides is 1. The smallest absolute Gasteiger partial charge is 0.408 e. The van der Waals surface area contributed by atoms with Gasteiger partial charge in [-0.3, -0.25) is 24.6 Å². The number of nitrogens with two attached hydrogens (primary N) is 1. The summed E-state index contributed by atoms with van der Waals surface area (Å²) in [5, 5.41) is 14.0. The van der Waals surface area contributed by atoms with Crippen molar-refractivity contribution in [1.82, 2.24) is 35.7 Å². The van der Waals surface area contributed by atoms with Crippen molar-refractivity contribution in [3.05, 3.63) is 124 Å². The number of amidine groups is 2. The van der Waals surface area contributed by atoms with Crippen molar-refractivity contribution < 1.29 is 65.9 Å². The minimum atomic E-state index is -1.04. The third kappa shape index (κ3) is 16.9. The molecule has 0 spiro atoms. The lowest BCUT2D eigenvalue weighted by Crippen LogP contribution is -2.52. The highest BCUT2D eigenvalue weighted by Crippen LogP contribution is 2.39. The van der Waals surface area contributed by atoms with Crippen LogP contribution in [0.3, 0.4) is 0 Å². The number of nitrogens with one attached hydrogen (secondary N) is 3. The maximum absolute atomic E-state index is 14.7. The van der Waals surface area contributed by atoms with Gasteiger partial charge < -0.3 is 54.8 Å². The van der Waals surface area contributed by atoms with E-state index in [4.69, 9.17) is 53.9 Å². The van der Waals surface area contributed by atoms with E-state index in [1.54, 1.807) is 73.7 Å². The predicted molar refractivity (Wildman–Crippen MR) is 320 cm³/mol. The number of aliphatic imine (C=N–C) groups is 2. The van der Waals surface area contributed by atoms with Gasteiger partial charge in [-0.25, -0.2) is 37.9 Å². The molecule has 0 bridgehead atoms. The van der Waals surface area contributed by atoms with E-state index in [2.05, 4.69) is 36.9 Å². The molecule has 27 heteroatoms. The van der Waals surface area contributed by atoms with Gasteiger partial charge in [0.15, 0.2) is 21.7 Å². The monoisotopic (exact) mass is 1290 g/mol. The van der Waals surface area contributed by atoms with E-state index in [1.807, 2.05) is 20.6 Å². The topological polar surface area (TPSA) is 269 Å². The Morgan fingerprint density at radius 2 is 1.36 bits per heavy atom. The molecule has 2 fully saturated rings. The first-order valence-electron chi connectivity index (χ1n) is 28.4. The van der Waals surface area contributed by atoms with Gasteiger partial charge in [0.05, 0.1) is 68.6 Å². The largest absolute Gasteiger partial charge is 0.463 e. The Morgan fingerprint density at radius 1 is 0.802 bits per heavy atom. The second-order valence-corrected chi connectivity index (χ2v) is 24.7. The van der Waals surface area contributed by atoms with Crippen molar-refractivity contribution in [2.45, 2.75) is 110 Å². The van der Waals surface area contributed by atoms with Crippen molar-refractivity contribution in [3.8, 4) is 0 Å². The predicted octanol–water partition coefficient (Wildman–Crippen LogP) is 6.76. The van der Waals surface area contributed by atoms with Crippen LogP contribution in [-0.2, 0) is 58.8 Å². The minimum Gasteiger partial charge on any atom is -0.463 e. The Bertz CT molecular complexity index is 3230. The summed E-state index contributed by atoms with van der Waals surface area (Å²) in [4.78, 5) is 91.3. The molecule has 8 rings (SSSR count). The maximum atomic E-state index is 14.7. The number of nitrogens with zero attached hydrogens (tertiary/aromatic N) is 6. The summed E-state index contributed by atoms with van der Waals surface area (Å²) >= 11 is 6.12. The van der Waals surface area contributed by atoms with Crippen LogP contribution in [0.2, 0.25) is 0 Å². The third-order valence-electron chi connectivity index (χ3n) is 14.3. The fourth-order valence-electron chi connectivity index (χ4n) is 9.96. The van der Waals surface area contributed by atoms with Gasteiger partial charge in [-0.1, -0.05) is 41.9 Å². The number of aromatic nitrogens is 2. The van der Waals surface area contributed by atoms with Crippen LogP contribution in [0.1, 0.15) is 99.4 Å². The van der Waals surface area contributed by atoms with Gasteiger partial charge in [0.25, 0.3) is 0 Å². The molecule has 2 aromatic carbocycles. The van der Waals surface area contributed by atoms with Crippen molar-refractivity contribution in [2.24, 2.45) is 21.6 Å². The molecule has 0 radical (unpaired) electrons. The zero-order chi connectivity index (χ0) is 61.8. The van der Waals surface area contributed by atoms with Crippen LogP contribution in [0.15, 0.2) is 90.4 Å². The average Bonchev–Trinajstić information content (AvgIpc) is 1.10. The Labute approximate surface area is 514 Å². The minimum absolute atomic E-state index is 0.0614. The second-order valence-electron chi connectivity index (χ2n) is 22.1. The van der Waals surface area contributed by atoms with Gasteiger partial charge in [0, 0.05) is 59.0 Å². The molecule has 2 aromatic heterocycles. The van der Waals surface area contributed by atoms with Crippen LogP contribution >= 0.6 is 38.6 Å². The van der Waals surface area contributed by atoms with E-state index in [-0.39, 0.29) is 82.6 Å². The first kappa shape index (κ1) is 65.4. The first-order chi connectivity index (χ1) is 41.1. The summed E-state index contributed by atoms with van der Waals surface area (Å²) in [5.41, 5.74) is 9.32. The number of halogens is 3. The summed E-state index contributed by atoms with van der Waals surface area (Å²) in [5.74, 6) is -3.05. The normalized spacial score (nSPS) is 20.2. The molecule has 4 aromatic rings. The Hall–Kier alpha value is -6.59. The van der Waals surface area contributed by atoms with Gasteiger partial charge >= 0.3 is 30.0 Å². The molecule has 5 N–H and O–H groups in total. The van der Waals surface area contributed by atoms with Crippen molar-refractivity contribution >= 4 is 80.2 Å². The molecule has 1 amide bonds. The SMILES string of the molecule is CCOC(=O)C1=C(CN2CCOC[C@H]2COC(=O)[C@@H](NC(=O)OC(C)(C)C)C(C)C)NC(c2nc(CC[C@H](N)C(=O)OC[C@@H]3COCCN3CC3=C(C(=O)OCC)C(c4ccc(F)cc4Br)N=C(c4nccs4)N3)cs2)=NC1c1ccc(F)cc1C. The van der Waals surface area contributed by atoms with Crippen LogP contribution in [0.4, 0.5) is 13.6 Å².